The number of aryl methyl sites for hydroxylation is 1. The summed E-state index contributed by atoms with van der Waals surface area (Å²) < 4.78 is 5.90. The van der Waals surface area contributed by atoms with E-state index in [4.69, 9.17) is 4.74 Å². The predicted octanol–water partition coefficient (Wildman–Crippen LogP) is 1.58. The van der Waals surface area contributed by atoms with Crippen LogP contribution in [0.15, 0.2) is 18.2 Å². The third-order valence-corrected chi connectivity index (χ3v) is 4.31. The molecular formula is C18H28N2O3. The third-order valence-electron chi connectivity index (χ3n) is 4.31. The fourth-order valence-electron chi connectivity index (χ4n) is 2.77. The van der Waals surface area contributed by atoms with Crippen LogP contribution in [0, 0.1) is 12.8 Å². The number of hydrogen-bond donors (Lipinski definition) is 3. The van der Waals surface area contributed by atoms with Gasteiger partial charge in [0.15, 0.2) is 6.10 Å². The summed E-state index contributed by atoms with van der Waals surface area (Å²) in [5.74, 6) is 1.02. The van der Waals surface area contributed by atoms with Crippen LogP contribution in [0.4, 0.5) is 0 Å². The van der Waals surface area contributed by atoms with E-state index in [1.807, 2.05) is 13.0 Å². The predicted molar refractivity (Wildman–Crippen MR) is 90.7 cm³/mol. The Morgan fingerprint density at radius 3 is 2.74 bits per heavy atom. The number of aliphatic hydroxyl groups is 1. The van der Waals surface area contributed by atoms with Crippen molar-refractivity contribution in [1.29, 1.82) is 0 Å². The molecule has 3 atom stereocenters. The van der Waals surface area contributed by atoms with E-state index >= 15 is 0 Å². The highest BCUT2D eigenvalue weighted by Gasteiger charge is 2.26. The van der Waals surface area contributed by atoms with Gasteiger partial charge in [-0.1, -0.05) is 26.0 Å². The molecule has 5 nitrogen and oxygen atoms in total. The molecule has 23 heavy (non-hydrogen) atoms. The second kappa shape index (κ2) is 7.79. The molecule has 1 fully saturated rings. The van der Waals surface area contributed by atoms with Gasteiger partial charge in [0.05, 0.1) is 6.10 Å². The number of hydrogen-bond acceptors (Lipinski definition) is 4. The molecule has 0 spiro atoms. The van der Waals surface area contributed by atoms with Gasteiger partial charge < -0.3 is 20.5 Å². The van der Waals surface area contributed by atoms with Crippen molar-refractivity contribution >= 4 is 5.91 Å². The summed E-state index contributed by atoms with van der Waals surface area (Å²) >= 11 is 0. The Morgan fingerprint density at radius 1 is 1.39 bits per heavy atom. The highest BCUT2D eigenvalue weighted by atomic mass is 16.5. The zero-order chi connectivity index (χ0) is 17.0. The molecule has 1 aromatic carbocycles. The van der Waals surface area contributed by atoms with Crippen molar-refractivity contribution < 1.29 is 14.6 Å². The molecule has 5 heteroatoms. The normalized spacial score (nSPS) is 22.2. The van der Waals surface area contributed by atoms with Gasteiger partial charge in [-0.25, -0.2) is 0 Å². The van der Waals surface area contributed by atoms with Gasteiger partial charge >= 0.3 is 0 Å². The van der Waals surface area contributed by atoms with Crippen molar-refractivity contribution in [3.05, 3.63) is 29.3 Å². The van der Waals surface area contributed by atoms with E-state index in [2.05, 4.69) is 36.6 Å². The Morgan fingerprint density at radius 2 is 2.13 bits per heavy atom. The van der Waals surface area contributed by atoms with Crippen LogP contribution >= 0.6 is 0 Å². The minimum absolute atomic E-state index is 0.0661. The van der Waals surface area contributed by atoms with Gasteiger partial charge in [0.25, 0.3) is 5.91 Å². The van der Waals surface area contributed by atoms with E-state index in [0.29, 0.717) is 19.0 Å². The van der Waals surface area contributed by atoms with Gasteiger partial charge in [0.2, 0.25) is 0 Å². The molecule has 1 aromatic rings. The molecule has 0 saturated carbocycles. The first-order valence-corrected chi connectivity index (χ1v) is 8.32. The summed E-state index contributed by atoms with van der Waals surface area (Å²) in [5.41, 5.74) is 2.21. The molecule has 0 aromatic heterocycles. The number of amides is 1. The second-order valence-corrected chi connectivity index (χ2v) is 6.69. The van der Waals surface area contributed by atoms with E-state index in [1.165, 1.54) is 0 Å². The molecule has 1 aliphatic rings. The Labute approximate surface area is 138 Å². The topological polar surface area (TPSA) is 70.6 Å². The van der Waals surface area contributed by atoms with Crippen LogP contribution in [0.1, 0.15) is 37.8 Å². The maximum absolute atomic E-state index is 12.2. The lowest BCUT2D eigenvalue weighted by molar-refractivity contribution is -0.127. The Bertz CT molecular complexity index is 545. The fraction of sp³-hybridized carbons (Fsp3) is 0.611. The van der Waals surface area contributed by atoms with Crippen LogP contribution < -0.4 is 15.4 Å². The smallest absolute Gasteiger partial charge is 0.260 e. The molecule has 1 aliphatic heterocycles. The summed E-state index contributed by atoms with van der Waals surface area (Å²) in [4.78, 5) is 12.2. The van der Waals surface area contributed by atoms with Crippen molar-refractivity contribution in [3.63, 3.8) is 0 Å². The molecule has 1 amide bonds. The molecule has 0 aliphatic carbocycles. The number of benzene rings is 1. The highest BCUT2D eigenvalue weighted by Crippen LogP contribution is 2.28. The molecule has 3 N–H and O–H groups in total. The monoisotopic (exact) mass is 320 g/mol. The van der Waals surface area contributed by atoms with E-state index in [9.17, 15) is 9.90 Å². The lowest BCUT2D eigenvalue weighted by Crippen LogP contribution is -2.41. The third kappa shape index (κ3) is 4.69. The van der Waals surface area contributed by atoms with Crippen molar-refractivity contribution in [2.45, 2.75) is 45.8 Å². The van der Waals surface area contributed by atoms with Gasteiger partial charge in [-0.3, -0.25) is 4.79 Å². The first-order chi connectivity index (χ1) is 10.9. The SMILES string of the molecule is Cc1ccc(C(C)C)c(OC(C)C(=O)NCC2CNCC2O)c1. The maximum Gasteiger partial charge on any atom is 0.260 e. The van der Waals surface area contributed by atoms with Gasteiger partial charge in [0.1, 0.15) is 5.75 Å². The Hall–Kier alpha value is -1.59. The van der Waals surface area contributed by atoms with E-state index < -0.39 is 12.2 Å². The van der Waals surface area contributed by atoms with E-state index in [-0.39, 0.29) is 11.8 Å². The number of carbonyl (C=O) groups is 1. The molecule has 128 valence electrons. The quantitative estimate of drug-likeness (QED) is 0.744. The number of β-amino-alcohol motifs (C(OH)–C–C–N with tert-alkyl or cyclic N) is 1. The Balaban J connectivity index is 1.94. The maximum atomic E-state index is 12.2. The summed E-state index contributed by atoms with van der Waals surface area (Å²) in [6.07, 6.45) is -0.961. The van der Waals surface area contributed by atoms with Gasteiger partial charge in [-0.15, -0.1) is 0 Å². The van der Waals surface area contributed by atoms with Crippen LogP contribution in [0.3, 0.4) is 0 Å². The first-order valence-electron chi connectivity index (χ1n) is 8.32. The molecule has 0 bridgehead atoms. The zero-order valence-electron chi connectivity index (χ0n) is 14.4. The Kier molecular flexibility index (Phi) is 6.02. The lowest BCUT2D eigenvalue weighted by Gasteiger charge is -2.20. The number of aliphatic hydroxyl groups excluding tert-OH is 1. The number of carbonyl (C=O) groups excluding carboxylic acids is 1. The van der Waals surface area contributed by atoms with Crippen molar-refractivity contribution in [2.75, 3.05) is 19.6 Å². The molecule has 2 rings (SSSR count). The van der Waals surface area contributed by atoms with Crippen molar-refractivity contribution in [3.8, 4) is 5.75 Å². The fourth-order valence-corrected chi connectivity index (χ4v) is 2.77. The van der Waals surface area contributed by atoms with E-state index in [1.54, 1.807) is 6.92 Å². The van der Waals surface area contributed by atoms with Gasteiger partial charge in [-0.2, -0.15) is 0 Å². The highest BCUT2D eigenvalue weighted by molar-refractivity contribution is 5.80. The summed E-state index contributed by atoms with van der Waals surface area (Å²) in [5, 5.41) is 15.7. The number of ether oxygens (including phenoxy) is 1. The summed E-state index contributed by atoms with van der Waals surface area (Å²) in [7, 11) is 0. The number of rotatable bonds is 6. The largest absolute Gasteiger partial charge is 0.481 e. The van der Waals surface area contributed by atoms with Crippen molar-refractivity contribution in [2.24, 2.45) is 5.92 Å². The van der Waals surface area contributed by atoms with Crippen LogP contribution in [0.2, 0.25) is 0 Å². The minimum Gasteiger partial charge on any atom is -0.481 e. The molecule has 1 heterocycles. The molecule has 0 radical (unpaired) electrons. The summed E-state index contributed by atoms with van der Waals surface area (Å²) in [6, 6.07) is 6.09. The second-order valence-electron chi connectivity index (χ2n) is 6.69. The standard InChI is InChI=1S/C18H28N2O3/c1-11(2)15-6-5-12(3)7-17(15)23-13(4)18(22)20-9-14-8-19-10-16(14)21/h5-7,11,13-14,16,19,21H,8-10H2,1-4H3,(H,20,22). The van der Waals surface area contributed by atoms with Crippen LogP contribution in [-0.4, -0.2) is 42.9 Å². The average Bonchev–Trinajstić information content (AvgIpc) is 2.89. The average molecular weight is 320 g/mol. The van der Waals surface area contributed by atoms with Gasteiger partial charge in [-0.05, 0) is 37.0 Å². The summed E-state index contributed by atoms with van der Waals surface area (Å²) in [6.45, 7) is 9.76. The first kappa shape index (κ1) is 17.8. The minimum atomic E-state index is -0.569. The van der Waals surface area contributed by atoms with Crippen LogP contribution in [0.25, 0.3) is 0 Å². The zero-order valence-corrected chi connectivity index (χ0v) is 14.4. The van der Waals surface area contributed by atoms with E-state index in [0.717, 1.165) is 23.4 Å². The van der Waals surface area contributed by atoms with Crippen molar-refractivity contribution in [1.82, 2.24) is 10.6 Å². The molecular weight excluding hydrogens is 292 g/mol. The molecule has 1 saturated heterocycles. The lowest BCUT2D eigenvalue weighted by atomic mass is 10.0. The molecule has 3 unspecified atom stereocenters. The number of nitrogens with one attached hydrogen (secondary N) is 2. The van der Waals surface area contributed by atoms with Gasteiger partial charge in [0, 0.05) is 25.6 Å². The van der Waals surface area contributed by atoms with Crippen LogP contribution in [-0.2, 0) is 4.79 Å². The van der Waals surface area contributed by atoms with Crippen LogP contribution in [0.5, 0.6) is 5.75 Å².